The third kappa shape index (κ3) is 3.72. The van der Waals surface area contributed by atoms with E-state index in [0.29, 0.717) is 18.2 Å². The van der Waals surface area contributed by atoms with Crippen LogP contribution in [0.4, 0.5) is 0 Å². The molecule has 4 rings (SSSR count). The lowest BCUT2D eigenvalue weighted by molar-refractivity contribution is 0.0921. The largest absolute Gasteiger partial charge is 0.451 e. The maximum Gasteiger partial charge on any atom is 0.287 e. The van der Waals surface area contributed by atoms with E-state index in [1.165, 1.54) is 5.56 Å². The molecule has 0 radical (unpaired) electrons. The van der Waals surface area contributed by atoms with Gasteiger partial charge in [0, 0.05) is 37.4 Å². The van der Waals surface area contributed by atoms with Gasteiger partial charge in [-0.15, -0.1) is 0 Å². The van der Waals surface area contributed by atoms with E-state index in [1.54, 1.807) is 6.07 Å². The standard InChI is InChI=1S/C20H21N3O2/c24-20(19-11-17-3-1-2-4-18(17)25-19)22-12-16-7-10-23(14-16)13-15-5-8-21-9-6-15/h1-6,8-9,11,16H,7,10,12-14H2,(H,22,24). The van der Waals surface area contributed by atoms with Crippen molar-refractivity contribution in [2.45, 2.75) is 13.0 Å². The van der Waals surface area contributed by atoms with Gasteiger partial charge in [-0.3, -0.25) is 14.7 Å². The molecule has 1 aliphatic rings. The van der Waals surface area contributed by atoms with Crippen molar-refractivity contribution in [2.75, 3.05) is 19.6 Å². The second-order valence-electron chi connectivity index (χ2n) is 6.60. The number of para-hydroxylation sites is 1. The summed E-state index contributed by atoms with van der Waals surface area (Å²) in [6.45, 7) is 3.69. The van der Waals surface area contributed by atoms with E-state index in [2.05, 4.69) is 27.3 Å². The first-order valence-corrected chi connectivity index (χ1v) is 8.66. The highest BCUT2D eigenvalue weighted by Gasteiger charge is 2.23. The number of hydrogen-bond donors (Lipinski definition) is 1. The van der Waals surface area contributed by atoms with Crippen LogP contribution in [-0.2, 0) is 6.54 Å². The van der Waals surface area contributed by atoms with E-state index < -0.39 is 0 Å². The van der Waals surface area contributed by atoms with Gasteiger partial charge in [-0.05, 0) is 48.7 Å². The molecule has 0 bridgehead atoms. The Morgan fingerprint density at radius 1 is 1.24 bits per heavy atom. The molecule has 1 saturated heterocycles. The van der Waals surface area contributed by atoms with Gasteiger partial charge >= 0.3 is 0 Å². The summed E-state index contributed by atoms with van der Waals surface area (Å²) in [5, 5.41) is 3.97. The van der Waals surface area contributed by atoms with Crippen LogP contribution in [0, 0.1) is 5.92 Å². The first-order chi connectivity index (χ1) is 12.3. The van der Waals surface area contributed by atoms with Gasteiger partial charge in [0.15, 0.2) is 5.76 Å². The van der Waals surface area contributed by atoms with Gasteiger partial charge in [0.1, 0.15) is 5.58 Å². The average Bonchev–Trinajstić information content (AvgIpc) is 3.27. The van der Waals surface area contributed by atoms with Crippen LogP contribution in [0.2, 0.25) is 0 Å². The zero-order valence-electron chi connectivity index (χ0n) is 14.0. The van der Waals surface area contributed by atoms with Gasteiger partial charge in [-0.2, -0.15) is 0 Å². The maximum absolute atomic E-state index is 12.3. The summed E-state index contributed by atoms with van der Waals surface area (Å²) in [4.78, 5) is 18.8. The number of likely N-dealkylation sites (tertiary alicyclic amines) is 1. The number of aromatic nitrogens is 1. The van der Waals surface area contributed by atoms with Crippen LogP contribution in [0.3, 0.4) is 0 Å². The monoisotopic (exact) mass is 335 g/mol. The molecule has 5 heteroatoms. The number of nitrogens with zero attached hydrogens (tertiary/aromatic N) is 2. The van der Waals surface area contributed by atoms with Gasteiger partial charge in [0.05, 0.1) is 0 Å². The normalized spacial score (nSPS) is 17.8. The third-order valence-corrected chi connectivity index (χ3v) is 4.73. The van der Waals surface area contributed by atoms with E-state index in [9.17, 15) is 4.79 Å². The Labute approximate surface area is 146 Å². The lowest BCUT2D eigenvalue weighted by Gasteiger charge is -2.16. The molecule has 1 amide bonds. The molecule has 0 spiro atoms. The third-order valence-electron chi connectivity index (χ3n) is 4.73. The highest BCUT2D eigenvalue weighted by Crippen LogP contribution is 2.20. The van der Waals surface area contributed by atoms with E-state index in [4.69, 9.17) is 4.42 Å². The van der Waals surface area contributed by atoms with Crippen molar-refractivity contribution in [1.82, 2.24) is 15.2 Å². The van der Waals surface area contributed by atoms with Crippen LogP contribution in [0.15, 0.2) is 59.3 Å². The highest BCUT2D eigenvalue weighted by molar-refractivity contribution is 5.96. The van der Waals surface area contributed by atoms with Crippen molar-refractivity contribution < 1.29 is 9.21 Å². The lowest BCUT2D eigenvalue weighted by atomic mass is 10.1. The van der Waals surface area contributed by atoms with Gasteiger partial charge in [0.2, 0.25) is 0 Å². The first kappa shape index (κ1) is 15.8. The summed E-state index contributed by atoms with van der Waals surface area (Å²) in [6.07, 6.45) is 4.76. The van der Waals surface area contributed by atoms with Crippen LogP contribution in [0.25, 0.3) is 11.0 Å². The molecule has 0 aliphatic carbocycles. The molecule has 128 valence electrons. The Morgan fingerprint density at radius 2 is 2.08 bits per heavy atom. The van der Waals surface area contributed by atoms with Crippen molar-refractivity contribution >= 4 is 16.9 Å². The van der Waals surface area contributed by atoms with Crippen LogP contribution in [0.5, 0.6) is 0 Å². The number of rotatable bonds is 5. The Kier molecular flexibility index (Phi) is 4.48. The van der Waals surface area contributed by atoms with E-state index in [0.717, 1.165) is 37.0 Å². The molecule has 3 aromatic rings. The molecule has 1 atom stereocenters. The zero-order valence-corrected chi connectivity index (χ0v) is 14.0. The number of pyridine rings is 1. The number of carbonyl (C=O) groups is 1. The predicted octanol–water partition coefficient (Wildman–Crippen LogP) is 3.08. The van der Waals surface area contributed by atoms with Crippen molar-refractivity contribution in [1.29, 1.82) is 0 Å². The van der Waals surface area contributed by atoms with Crippen LogP contribution in [-0.4, -0.2) is 35.4 Å². The van der Waals surface area contributed by atoms with Crippen LogP contribution < -0.4 is 5.32 Å². The van der Waals surface area contributed by atoms with Gasteiger partial charge in [0.25, 0.3) is 5.91 Å². The van der Waals surface area contributed by atoms with Crippen molar-refractivity contribution in [3.05, 3.63) is 66.2 Å². The Morgan fingerprint density at radius 3 is 2.92 bits per heavy atom. The minimum absolute atomic E-state index is 0.135. The van der Waals surface area contributed by atoms with E-state index >= 15 is 0 Å². The van der Waals surface area contributed by atoms with Crippen molar-refractivity contribution in [3.63, 3.8) is 0 Å². The predicted molar refractivity (Wildman–Crippen MR) is 96.2 cm³/mol. The SMILES string of the molecule is O=C(NCC1CCN(Cc2ccncc2)C1)c1cc2ccccc2o1. The number of benzene rings is 1. The Bertz CT molecular complexity index is 827. The minimum atomic E-state index is -0.135. The quantitative estimate of drug-likeness (QED) is 0.778. The molecule has 1 aliphatic heterocycles. The molecule has 5 nitrogen and oxygen atoms in total. The molecule has 1 aromatic carbocycles. The van der Waals surface area contributed by atoms with Gasteiger partial charge < -0.3 is 9.73 Å². The summed E-state index contributed by atoms with van der Waals surface area (Å²) in [5.74, 6) is 0.729. The summed E-state index contributed by atoms with van der Waals surface area (Å²) in [7, 11) is 0. The smallest absolute Gasteiger partial charge is 0.287 e. The number of carbonyl (C=O) groups excluding carboxylic acids is 1. The fraction of sp³-hybridized carbons (Fsp3) is 0.300. The first-order valence-electron chi connectivity index (χ1n) is 8.66. The van der Waals surface area contributed by atoms with Crippen LogP contribution in [0.1, 0.15) is 22.5 Å². The Balaban J connectivity index is 1.29. The fourth-order valence-electron chi connectivity index (χ4n) is 3.39. The number of hydrogen-bond acceptors (Lipinski definition) is 4. The molecule has 1 fully saturated rings. The van der Waals surface area contributed by atoms with Crippen LogP contribution >= 0.6 is 0 Å². The molecular weight excluding hydrogens is 314 g/mol. The summed E-state index contributed by atoms with van der Waals surface area (Å²) in [6, 6.07) is 13.6. The van der Waals surface area contributed by atoms with Gasteiger partial charge in [-0.25, -0.2) is 0 Å². The van der Waals surface area contributed by atoms with Crippen molar-refractivity contribution in [2.24, 2.45) is 5.92 Å². The minimum Gasteiger partial charge on any atom is -0.451 e. The number of fused-ring (bicyclic) bond motifs is 1. The molecular formula is C20H21N3O2. The second-order valence-corrected chi connectivity index (χ2v) is 6.60. The molecule has 2 aromatic heterocycles. The Hall–Kier alpha value is -2.66. The van der Waals surface area contributed by atoms with E-state index in [-0.39, 0.29) is 5.91 Å². The highest BCUT2D eigenvalue weighted by atomic mass is 16.3. The number of nitrogens with one attached hydrogen (secondary N) is 1. The zero-order chi connectivity index (χ0) is 17.1. The number of amides is 1. The van der Waals surface area contributed by atoms with E-state index in [1.807, 2.05) is 36.7 Å². The molecule has 25 heavy (non-hydrogen) atoms. The molecule has 3 heterocycles. The topological polar surface area (TPSA) is 58.4 Å². The second kappa shape index (κ2) is 7.07. The average molecular weight is 335 g/mol. The van der Waals surface area contributed by atoms with Gasteiger partial charge in [-0.1, -0.05) is 18.2 Å². The summed E-state index contributed by atoms with van der Waals surface area (Å²) >= 11 is 0. The van der Waals surface area contributed by atoms with Crippen molar-refractivity contribution in [3.8, 4) is 0 Å². The lowest BCUT2D eigenvalue weighted by Crippen LogP contribution is -2.30. The maximum atomic E-state index is 12.3. The summed E-state index contributed by atoms with van der Waals surface area (Å²) < 4.78 is 5.62. The molecule has 1 N–H and O–H groups in total. The fourth-order valence-corrected chi connectivity index (χ4v) is 3.39. The summed E-state index contributed by atoms with van der Waals surface area (Å²) in [5.41, 5.74) is 2.03. The molecule has 1 unspecified atom stereocenters. The number of furan rings is 1. The molecule has 0 saturated carbocycles.